The molecule has 2 unspecified atom stereocenters. The molecule has 17 heavy (non-hydrogen) atoms. The molecule has 0 radical (unpaired) electrons. The van der Waals surface area contributed by atoms with Crippen LogP contribution in [0.5, 0.6) is 0 Å². The van der Waals surface area contributed by atoms with Crippen molar-refractivity contribution in [3.8, 4) is 0 Å². The molecule has 0 bridgehead atoms. The van der Waals surface area contributed by atoms with Gasteiger partial charge in [0, 0.05) is 18.9 Å². The summed E-state index contributed by atoms with van der Waals surface area (Å²) in [5.41, 5.74) is 6.04. The Morgan fingerprint density at radius 1 is 1.24 bits per heavy atom. The van der Waals surface area contributed by atoms with Crippen LogP contribution in [0.15, 0.2) is 4.52 Å². The van der Waals surface area contributed by atoms with E-state index in [4.69, 9.17) is 10.3 Å². The molecular formula is C13H25N3O. The molecule has 0 aromatic carbocycles. The summed E-state index contributed by atoms with van der Waals surface area (Å²) in [6.07, 6.45) is 2.68. The van der Waals surface area contributed by atoms with Gasteiger partial charge in [0.05, 0.1) is 0 Å². The van der Waals surface area contributed by atoms with E-state index in [9.17, 15) is 0 Å². The lowest BCUT2D eigenvalue weighted by Gasteiger charge is -2.22. The summed E-state index contributed by atoms with van der Waals surface area (Å²) in [7, 11) is 0. The fraction of sp³-hybridized carbons (Fsp3) is 0.846. The first-order chi connectivity index (χ1) is 7.76. The van der Waals surface area contributed by atoms with Crippen LogP contribution in [0.25, 0.3) is 0 Å². The van der Waals surface area contributed by atoms with Gasteiger partial charge in [-0.15, -0.1) is 0 Å². The summed E-state index contributed by atoms with van der Waals surface area (Å²) < 4.78 is 5.23. The van der Waals surface area contributed by atoms with E-state index in [-0.39, 0.29) is 6.04 Å². The summed E-state index contributed by atoms with van der Waals surface area (Å²) >= 11 is 0. The van der Waals surface area contributed by atoms with Crippen molar-refractivity contribution in [1.82, 2.24) is 10.1 Å². The van der Waals surface area contributed by atoms with Crippen LogP contribution in [0.3, 0.4) is 0 Å². The van der Waals surface area contributed by atoms with Gasteiger partial charge in [-0.05, 0) is 24.7 Å². The maximum Gasteiger partial charge on any atom is 0.226 e. The molecule has 0 spiro atoms. The summed E-state index contributed by atoms with van der Waals surface area (Å²) in [5, 5.41) is 3.94. The Morgan fingerprint density at radius 2 is 1.88 bits per heavy atom. The van der Waals surface area contributed by atoms with Gasteiger partial charge < -0.3 is 10.3 Å². The Bertz CT molecular complexity index is 339. The molecule has 1 aromatic rings. The smallest absolute Gasteiger partial charge is 0.226 e. The van der Waals surface area contributed by atoms with Crippen molar-refractivity contribution in [1.29, 1.82) is 0 Å². The van der Waals surface area contributed by atoms with Crippen molar-refractivity contribution in [3.05, 3.63) is 11.7 Å². The van der Waals surface area contributed by atoms with Crippen LogP contribution in [-0.4, -0.2) is 16.2 Å². The van der Waals surface area contributed by atoms with Crippen molar-refractivity contribution >= 4 is 0 Å². The van der Waals surface area contributed by atoms with Crippen molar-refractivity contribution in [2.45, 2.75) is 59.9 Å². The van der Waals surface area contributed by atoms with E-state index in [1.54, 1.807) is 0 Å². The molecule has 0 saturated heterocycles. The Labute approximate surface area is 104 Å². The fourth-order valence-corrected chi connectivity index (χ4v) is 2.16. The minimum atomic E-state index is 0.0763. The van der Waals surface area contributed by atoms with Crippen LogP contribution in [0, 0.1) is 11.3 Å². The van der Waals surface area contributed by atoms with Crippen LogP contribution in [0.4, 0.5) is 0 Å². The highest BCUT2D eigenvalue weighted by molar-refractivity contribution is 4.90. The summed E-state index contributed by atoms with van der Waals surface area (Å²) in [4.78, 5) is 4.36. The van der Waals surface area contributed by atoms with Crippen molar-refractivity contribution in [2.75, 3.05) is 0 Å². The van der Waals surface area contributed by atoms with Crippen molar-refractivity contribution in [2.24, 2.45) is 17.1 Å². The third kappa shape index (κ3) is 5.82. The summed E-state index contributed by atoms with van der Waals surface area (Å²) in [6, 6.07) is 0.0763. The molecule has 1 heterocycles. The molecule has 1 rings (SSSR count). The third-order valence-corrected chi connectivity index (χ3v) is 2.50. The lowest BCUT2D eigenvalue weighted by Crippen LogP contribution is -2.18. The molecule has 0 aliphatic heterocycles. The molecule has 2 atom stereocenters. The maximum atomic E-state index is 5.70. The topological polar surface area (TPSA) is 64.9 Å². The monoisotopic (exact) mass is 239 g/mol. The lowest BCUT2D eigenvalue weighted by molar-refractivity contribution is 0.282. The molecule has 98 valence electrons. The van der Waals surface area contributed by atoms with Crippen LogP contribution in [0.1, 0.15) is 52.8 Å². The Kier molecular flexibility index (Phi) is 4.69. The second-order valence-electron chi connectivity index (χ2n) is 6.36. The van der Waals surface area contributed by atoms with E-state index in [1.807, 2.05) is 6.92 Å². The van der Waals surface area contributed by atoms with Gasteiger partial charge >= 0.3 is 0 Å². The predicted molar refractivity (Wildman–Crippen MR) is 68.6 cm³/mol. The largest absolute Gasteiger partial charge is 0.339 e. The number of hydrogen-bond donors (Lipinski definition) is 1. The molecule has 0 amide bonds. The van der Waals surface area contributed by atoms with Crippen LogP contribution >= 0.6 is 0 Å². The first-order valence-corrected chi connectivity index (χ1v) is 6.33. The van der Waals surface area contributed by atoms with Gasteiger partial charge in [0.1, 0.15) is 0 Å². The molecule has 0 aliphatic carbocycles. The molecular weight excluding hydrogens is 214 g/mol. The van der Waals surface area contributed by atoms with Gasteiger partial charge in [-0.25, -0.2) is 0 Å². The first-order valence-electron chi connectivity index (χ1n) is 6.33. The zero-order valence-corrected chi connectivity index (χ0v) is 11.7. The number of hydrogen-bond acceptors (Lipinski definition) is 4. The zero-order chi connectivity index (χ0) is 13.1. The van der Waals surface area contributed by atoms with Gasteiger partial charge in [0.15, 0.2) is 5.82 Å². The molecule has 2 N–H and O–H groups in total. The quantitative estimate of drug-likeness (QED) is 0.857. The number of nitrogens with zero attached hydrogens (tertiary/aromatic N) is 2. The van der Waals surface area contributed by atoms with Gasteiger partial charge in [-0.3, -0.25) is 0 Å². The Balaban J connectivity index is 2.49. The van der Waals surface area contributed by atoms with Crippen LogP contribution in [0.2, 0.25) is 0 Å². The van der Waals surface area contributed by atoms with Gasteiger partial charge in [0.2, 0.25) is 5.89 Å². The molecule has 4 nitrogen and oxygen atoms in total. The highest BCUT2D eigenvalue weighted by Crippen LogP contribution is 2.25. The zero-order valence-electron chi connectivity index (χ0n) is 11.7. The average molecular weight is 239 g/mol. The van der Waals surface area contributed by atoms with Crippen LogP contribution in [-0.2, 0) is 12.8 Å². The van der Waals surface area contributed by atoms with E-state index in [0.29, 0.717) is 17.8 Å². The van der Waals surface area contributed by atoms with Gasteiger partial charge in [-0.2, -0.15) is 4.98 Å². The second kappa shape index (κ2) is 5.63. The minimum Gasteiger partial charge on any atom is -0.339 e. The standard InChI is InChI=1S/C13H25N3O/c1-9(8-13(3,4)5)6-12-15-11(16-17-12)7-10(2)14/h9-10H,6-8,14H2,1-5H3. The summed E-state index contributed by atoms with van der Waals surface area (Å²) in [6.45, 7) is 10.9. The molecule has 0 fully saturated rings. The minimum absolute atomic E-state index is 0.0763. The van der Waals surface area contributed by atoms with E-state index in [0.717, 1.165) is 24.6 Å². The van der Waals surface area contributed by atoms with E-state index in [1.165, 1.54) is 0 Å². The van der Waals surface area contributed by atoms with Crippen molar-refractivity contribution < 1.29 is 4.52 Å². The first kappa shape index (κ1) is 14.2. The highest BCUT2D eigenvalue weighted by Gasteiger charge is 2.18. The Morgan fingerprint density at radius 3 is 2.41 bits per heavy atom. The molecule has 4 heteroatoms. The second-order valence-corrected chi connectivity index (χ2v) is 6.36. The third-order valence-electron chi connectivity index (χ3n) is 2.50. The van der Waals surface area contributed by atoms with Crippen molar-refractivity contribution in [3.63, 3.8) is 0 Å². The number of rotatable bonds is 5. The predicted octanol–water partition coefficient (Wildman–Crippen LogP) is 2.57. The van der Waals surface area contributed by atoms with Gasteiger partial charge in [0.25, 0.3) is 0 Å². The normalized spacial score (nSPS) is 15.9. The highest BCUT2D eigenvalue weighted by atomic mass is 16.5. The number of nitrogens with two attached hydrogens (primary N) is 1. The average Bonchev–Trinajstić information content (AvgIpc) is 2.46. The molecule has 0 saturated carbocycles. The molecule has 1 aromatic heterocycles. The number of aromatic nitrogens is 2. The fourth-order valence-electron chi connectivity index (χ4n) is 2.16. The van der Waals surface area contributed by atoms with Crippen LogP contribution < -0.4 is 5.73 Å². The Hall–Kier alpha value is -0.900. The molecule has 0 aliphatic rings. The van der Waals surface area contributed by atoms with Gasteiger partial charge in [-0.1, -0.05) is 32.9 Å². The van der Waals surface area contributed by atoms with E-state index < -0.39 is 0 Å². The van der Waals surface area contributed by atoms with E-state index in [2.05, 4.69) is 37.8 Å². The maximum absolute atomic E-state index is 5.70. The SMILES string of the molecule is CC(N)Cc1noc(CC(C)CC(C)(C)C)n1. The van der Waals surface area contributed by atoms with E-state index >= 15 is 0 Å². The lowest BCUT2D eigenvalue weighted by atomic mass is 9.84. The summed E-state index contributed by atoms with van der Waals surface area (Å²) in [5.74, 6) is 2.01.